The van der Waals surface area contributed by atoms with Gasteiger partial charge in [0.25, 0.3) is 0 Å². The van der Waals surface area contributed by atoms with Gasteiger partial charge in [-0.3, -0.25) is 0 Å². The first kappa shape index (κ1) is 8.08. The maximum absolute atomic E-state index is 5.73. The average Bonchev–Trinajstić information content (AvgIpc) is 1.94. The molecule has 0 unspecified atom stereocenters. The highest BCUT2D eigenvalue weighted by Crippen LogP contribution is 2.17. The monoisotopic (exact) mass is 150 g/mol. The van der Waals surface area contributed by atoms with Gasteiger partial charge in [0.05, 0.1) is 0 Å². The highest BCUT2D eigenvalue weighted by molar-refractivity contribution is 5.45. The molecule has 0 bridgehead atoms. The fourth-order valence-corrected chi connectivity index (χ4v) is 1.15. The smallest absolute Gasteiger partial charge is 0.0317 e. The van der Waals surface area contributed by atoms with Gasteiger partial charge in [0, 0.05) is 11.7 Å². The van der Waals surface area contributed by atoms with Crippen LogP contribution in [0.3, 0.4) is 0 Å². The van der Waals surface area contributed by atoms with Gasteiger partial charge in [0.2, 0.25) is 0 Å². The van der Waals surface area contributed by atoms with Crippen LogP contribution >= 0.6 is 0 Å². The third kappa shape index (κ3) is 1.71. The number of hydrogen-bond acceptors (Lipinski definition) is 2. The summed E-state index contributed by atoms with van der Waals surface area (Å²) in [4.78, 5) is 0. The lowest BCUT2D eigenvalue weighted by Gasteiger charge is -2.09. The second kappa shape index (κ2) is 2.93. The first-order chi connectivity index (χ1) is 5.11. The van der Waals surface area contributed by atoms with Crippen LogP contribution in [0, 0.1) is 6.92 Å². The fraction of sp³-hybridized carbons (Fsp3) is 0.333. The van der Waals surface area contributed by atoms with Crippen LogP contribution in [-0.4, -0.2) is 0 Å². The Kier molecular flexibility index (Phi) is 2.15. The summed E-state index contributed by atoms with van der Waals surface area (Å²) in [7, 11) is 0. The molecule has 0 heterocycles. The van der Waals surface area contributed by atoms with E-state index in [1.165, 1.54) is 5.56 Å². The molecule has 0 radical (unpaired) electrons. The standard InChI is InChI=1S/C9H14N2/c1-6-3-4-8(11)5-9(6)7(2)10/h3-5,7H,10-11H2,1-2H3/t7-/m0/s1. The van der Waals surface area contributed by atoms with Crippen molar-refractivity contribution in [3.8, 4) is 0 Å². The van der Waals surface area contributed by atoms with E-state index in [1.54, 1.807) is 0 Å². The molecule has 0 fully saturated rings. The normalized spacial score (nSPS) is 13.0. The van der Waals surface area contributed by atoms with Crippen molar-refractivity contribution in [2.24, 2.45) is 5.73 Å². The molecule has 11 heavy (non-hydrogen) atoms. The first-order valence-electron chi connectivity index (χ1n) is 3.73. The summed E-state index contributed by atoms with van der Waals surface area (Å²) in [6.07, 6.45) is 0. The molecule has 2 heteroatoms. The van der Waals surface area contributed by atoms with Crippen molar-refractivity contribution < 1.29 is 0 Å². The summed E-state index contributed by atoms with van der Waals surface area (Å²) < 4.78 is 0. The Bertz CT molecular complexity index is 254. The second-order valence-corrected chi connectivity index (χ2v) is 2.90. The largest absolute Gasteiger partial charge is 0.399 e. The van der Waals surface area contributed by atoms with Crippen molar-refractivity contribution in [1.29, 1.82) is 0 Å². The van der Waals surface area contributed by atoms with Crippen molar-refractivity contribution in [1.82, 2.24) is 0 Å². The molecule has 0 saturated heterocycles. The number of rotatable bonds is 1. The van der Waals surface area contributed by atoms with Crippen molar-refractivity contribution in [2.45, 2.75) is 19.9 Å². The van der Waals surface area contributed by atoms with Gasteiger partial charge in [-0.1, -0.05) is 6.07 Å². The van der Waals surface area contributed by atoms with Crippen LogP contribution in [0.1, 0.15) is 24.1 Å². The molecule has 60 valence electrons. The van der Waals surface area contributed by atoms with Gasteiger partial charge in [0.15, 0.2) is 0 Å². The Morgan fingerprint density at radius 3 is 2.45 bits per heavy atom. The number of aryl methyl sites for hydroxylation is 1. The van der Waals surface area contributed by atoms with Gasteiger partial charge >= 0.3 is 0 Å². The maximum atomic E-state index is 5.73. The molecule has 0 saturated carbocycles. The summed E-state index contributed by atoms with van der Waals surface area (Å²) in [5, 5.41) is 0. The Balaban J connectivity index is 3.13. The summed E-state index contributed by atoms with van der Waals surface area (Å²) in [6.45, 7) is 4.00. The van der Waals surface area contributed by atoms with E-state index in [0.717, 1.165) is 11.3 Å². The molecular weight excluding hydrogens is 136 g/mol. The predicted molar refractivity (Wildman–Crippen MR) is 48.2 cm³/mol. The molecule has 4 N–H and O–H groups in total. The lowest BCUT2D eigenvalue weighted by molar-refractivity contribution is 0.810. The first-order valence-corrected chi connectivity index (χ1v) is 3.73. The molecular formula is C9H14N2. The van der Waals surface area contributed by atoms with Crippen LogP contribution in [0.15, 0.2) is 18.2 Å². The second-order valence-electron chi connectivity index (χ2n) is 2.90. The minimum absolute atomic E-state index is 0.0681. The number of nitrogens with two attached hydrogens (primary N) is 2. The lowest BCUT2D eigenvalue weighted by Crippen LogP contribution is -2.07. The molecule has 0 amide bonds. The van der Waals surface area contributed by atoms with E-state index in [2.05, 4.69) is 0 Å². The van der Waals surface area contributed by atoms with E-state index in [1.807, 2.05) is 32.0 Å². The molecule has 2 nitrogen and oxygen atoms in total. The highest BCUT2D eigenvalue weighted by Gasteiger charge is 2.02. The Labute approximate surface area is 67.2 Å². The number of anilines is 1. The minimum atomic E-state index is 0.0681. The molecule has 1 aromatic carbocycles. The number of nitrogen functional groups attached to an aromatic ring is 1. The molecule has 0 aliphatic heterocycles. The van der Waals surface area contributed by atoms with Crippen LogP contribution in [-0.2, 0) is 0 Å². The van der Waals surface area contributed by atoms with Crippen LogP contribution in [0.2, 0.25) is 0 Å². The molecule has 1 atom stereocenters. The fourth-order valence-electron chi connectivity index (χ4n) is 1.15. The van der Waals surface area contributed by atoms with Gasteiger partial charge in [-0.05, 0) is 37.1 Å². The summed E-state index contributed by atoms with van der Waals surface area (Å²) in [5.41, 5.74) is 14.5. The quantitative estimate of drug-likeness (QED) is 0.597. The van der Waals surface area contributed by atoms with E-state index < -0.39 is 0 Å². The summed E-state index contributed by atoms with van der Waals surface area (Å²) in [6, 6.07) is 5.88. The van der Waals surface area contributed by atoms with Crippen molar-refractivity contribution >= 4 is 5.69 Å². The topological polar surface area (TPSA) is 52.0 Å². The van der Waals surface area contributed by atoms with Crippen molar-refractivity contribution in [3.63, 3.8) is 0 Å². The Hall–Kier alpha value is -1.02. The lowest BCUT2D eigenvalue weighted by atomic mass is 10.0. The molecule has 0 aromatic heterocycles. The number of hydrogen-bond donors (Lipinski definition) is 2. The van der Waals surface area contributed by atoms with Crippen LogP contribution in [0.5, 0.6) is 0 Å². The maximum Gasteiger partial charge on any atom is 0.0317 e. The van der Waals surface area contributed by atoms with E-state index in [4.69, 9.17) is 11.5 Å². The molecule has 0 spiro atoms. The molecule has 1 rings (SSSR count). The average molecular weight is 150 g/mol. The molecule has 1 aromatic rings. The zero-order valence-electron chi connectivity index (χ0n) is 6.96. The molecule has 0 aliphatic carbocycles. The summed E-state index contributed by atoms with van der Waals surface area (Å²) >= 11 is 0. The van der Waals surface area contributed by atoms with E-state index in [0.29, 0.717) is 0 Å². The van der Waals surface area contributed by atoms with Gasteiger partial charge in [0.1, 0.15) is 0 Å². The van der Waals surface area contributed by atoms with Gasteiger partial charge < -0.3 is 11.5 Å². The van der Waals surface area contributed by atoms with Crippen molar-refractivity contribution in [2.75, 3.05) is 5.73 Å². The van der Waals surface area contributed by atoms with E-state index >= 15 is 0 Å². The van der Waals surface area contributed by atoms with Gasteiger partial charge in [-0.15, -0.1) is 0 Å². The van der Waals surface area contributed by atoms with Crippen LogP contribution < -0.4 is 11.5 Å². The van der Waals surface area contributed by atoms with Gasteiger partial charge in [-0.2, -0.15) is 0 Å². The zero-order valence-corrected chi connectivity index (χ0v) is 6.96. The highest BCUT2D eigenvalue weighted by atomic mass is 14.6. The summed E-state index contributed by atoms with van der Waals surface area (Å²) in [5.74, 6) is 0. The van der Waals surface area contributed by atoms with Crippen LogP contribution in [0.4, 0.5) is 5.69 Å². The predicted octanol–water partition coefficient (Wildman–Crippen LogP) is 1.60. The minimum Gasteiger partial charge on any atom is -0.399 e. The van der Waals surface area contributed by atoms with E-state index in [-0.39, 0.29) is 6.04 Å². The Morgan fingerprint density at radius 1 is 1.36 bits per heavy atom. The zero-order chi connectivity index (χ0) is 8.43. The third-order valence-corrected chi connectivity index (χ3v) is 1.79. The number of benzene rings is 1. The van der Waals surface area contributed by atoms with Crippen molar-refractivity contribution in [3.05, 3.63) is 29.3 Å². The SMILES string of the molecule is Cc1ccc(N)cc1[C@H](C)N. The van der Waals surface area contributed by atoms with Crippen LogP contribution in [0.25, 0.3) is 0 Å². The van der Waals surface area contributed by atoms with E-state index in [9.17, 15) is 0 Å². The third-order valence-electron chi connectivity index (χ3n) is 1.79. The van der Waals surface area contributed by atoms with Gasteiger partial charge in [-0.25, -0.2) is 0 Å². The molecule has 0 aliphatic rings. The Morgan fingerprint density at radius 2 is 2.00 bits per heavy atom.